The Balaban J connectivity index is 2.14. The number of carbonyl (C=O) groups excluding carboxylic acids is 1. The number of ether oxygens (including phenoxy) is 1. The number of carbonyl (C=O) groups is 1. The van der Waals surface area contributed by atoms with Crippen molar-refractivity contribution in [2.24, 2.45) is 0 Å². The molecule has 1 aliphatic heterocycles. The fourth-order valence-electron chi connectivity index (χ4n) is 2.33. The molecule has 1 aliphatic rings. The van der Waals surface area contributed by atoms with Crippen LogP contribution in [0.3, 0.4) is 0 Å². The molecule has 2 rings (SSSR count). The minimum absolute atomic E-state index is 0.0594. The van der Waals surface area contributed by atoms with Gasteiger partial charge in [-0.05, 0) is 19.8 Å². The molecule has 1 aromatic heterocycles. The highest BCUT2D eigenvalue weighted by Crippen LogP contribution is 2.26. The van der Waals surface area contributed by atoms with Crippen molar-refractivity contribution in [1.29, 1.82) is 0 Å². The number of nitrogens with one attached hydrogen (secondary N) is 1. The molecule has 0 unspecified atom stereocenters. The van der Waals surface area contributed by atoms with Gasteiger partial charge in [0, 0.05) is 6.54 Å². The summed E-state index contributed by atoms with van der Waals surface area (Å²) in [4.78, 5) is 14.2. The fourth-order valence-corrected chi connectivity index (χ4v) is 2.33. The van der Waals surface area contributed by atoms with Gasteiger partial charge >= 0.3 is 0 Å². The average molecular weight is 252 g/mol. The van der Waals surface area contributed by atoms with Gasteiger partial charge in [0.2, 0.25) is 0 Å². The van der Waals surface area contributed by atoms with Crippen molar-refractivity contribution in [2.45, 2.75) is 39.2 Å². The van der Waals surface area contributed by atoms with Crippen LogP contribution in [0.4, 0.5) is 0 Å². The van der Waals surface area contributed by atoms with Crippen LogP contribution < -0.4 is 0 Å². The summed E-state index contributed by atoms with van der Waals surface area (Å²) in [7, 11) is 0. The number of rotatable bonds is 3. The molecule has 1 N–H and O–H groups in total. The van der Waals surface area contributed by atoms with Crippen molar-refractivity contribution in [3.63, 3.8) is 0 Å². The topological polar surface area (TPSA) is 71.1 Å². The molecule has 6 nitrogen and oxygen atoms in total. The molecule has 0 spiro atoms. The number of aromatic nitrogens is 3. The summed E-state index contributed by atoms with van der Waals surface area (Å²) in [5.41, 5.74) is 0.856. The Hall–Kier alpha value is -1.43. The predicted molar refractivity (Wildman–Crippen MR) is 66.3 cm³/mol. The van der Waals surface area contributed by atoms with E-state index in [-0.39, 0.29) is 11.5 Å². The molecule has 18 heavy (non-hydrogen) atoms. The van der Waals surface area contributed by atoms with Gasteiger partial charge in [0.05, 0.1) is 24.4 Å². The molecule has 0 aromatic carbocycles. The lowest BCUT2D eigenvalue weighted by atomic mass is 9.95. The zero-order valence-corrected chi connectivity index (χ0v) is 11.2. The van der Waals surface area contributed by atoms with Crippen LogP contribution in [-0.2, 0) is 4.74 Å². The van der Waals surface area contributed by atoms with Gasteiger partial charge in [-0.25, -0.2) is 0 Å². The number of nitrogens with zero attached hydrogens (tertiary/aromatic N) is 3. The molecule has 2 heterocycles. The van der Waals surface area contributed by atoms with Crippen LogP contribution in [0.15, 0.2) is 0 Å². The molecular weight excluding hydrogens is 232 g/mol. The molecule has 1 amide bonds. The first-order chi connectivity index (χ1) is 8.62. The highest BCUT2D eigenvalue weighted by atomic mass is 16.5. The van der Waals surface area contributed by atoms with Crippen LogP contribution in [0.1, 0.15) is 42.9 Å². The largest absolute Gasteiger partial charge is 0.371 e. The number of H-pyrrole nitrogens is 1. The van der Waals surface area contributed by atoms with Gasteiger partial charge in [-0.2, -0.15) is 15.4 Å². The second kappa shape index (κ2) is 5.06. The van der Waals surface area contributed by atoms with Crippen LogP contribution in [0.25, 0.3) is 0 Å². The number of aromatic amines is 1. The van der Waals surface area contributed by atoms with E-state index in [9.17, 15) is 4.79 Å². The highest BCUT2D eigenvalue weighted by molar-refractivity contribution is 5.93. The fraction of sp³-hybridized carbons (Fsp3) is 0.750. The van der Waals surface area contributed by atoms with Crippen molar-refractivity contribution in [3.05, 3.63) is 11.4 Å². The minimum Gasteiger partial charge on any atom is -0.371 e. The third-order valence-electron chi connectivity index (χ3n) is 3.75. The molecule has 0 aliphatic carbocycles. The first-order valence-electron chi connectivity index (χ1n) is 6.42. The monoisotopic (exact) mass is 252 g/mol. The molecule has 1 aromatic rings. The first-order valence-corrected chi connectivity index (χ1v) is 6.42. The number of hydrogen-bond donors (Lipinski definition) is 1. The summed E-state index contributed by atoms with van der Waals surface area (Å²) < 4.78 is 5.85. The minimum atomic E-state index is -0.203. The maximum absolute atomic E-state index is 12.3. The Morgan fingerprint density at radius 3 is 2.72 bits per heavy atom. The van der Waals surface area contributed by atoms with E-state index in [0.717, 1.165) is 12.8 Å². The molecule has 1 saturated heterocycles. The lowest BCUT2D eigenvalue weighted by Gasteiger charge is -2.41. The second-order valence-electron chi connectivity index (χ2n) is 4.72. The first kappa shape index (κ1) is 13.0. The highest BCUT2D eigenvalue weighted by Gasteiger charge is 2.36. The van der Waals surface area contributed by atoms with Crippen LogP contribution in [0.2, 0.25) is 0 Å². The Morgan fingerprint density at radius 1 is 1.44 bits per heavy atom. The van der Waals surface area contributed by atoms with Gasteiger partial charge in [-0.1, -0.05) is 13.8 Å². The number of amides is 1. The molecule has 100 valence electrons. The van der Waals surface area contributed by atoms with Gasteiger partial charge in [0.1, 0.15) is 0 Å². The zero-order chi connectivity index (χ0) is 13.2. The van der Waals surface area contributed by atoms with E-state index in [1.165, 1.54) is 0 Å². The molecule has 0 radical (unpaired) electrons. The second-order valence-corrected chi connectivity index (χ2v) is 4.72. The van der Waals surface area contributed by atoms with Crippen molar-refractivity contribution in [3.8, 4) is 0 Å². The Bertz CT molecular complexity index is 425. The van der Waals surface area contributed by atoms with E-state index in [0.29, 0.717) is 31.1 Å². The van der Waals surface area contributed by atoms with Crippen LogP contribution >= 0.6 is 0 Å². The van der Waals surface area contributed by atoms with E-state index in [1.807, 2.05) is 4.90 Å². The molecule has 0 bridgehead atoms. The summed E-state index contributed by atoms with van der Waals surface area (Å²) in [6, 6.07) is 0. The number of hydrogen-bond acceptors (Lipinski definition) is 4. The third kappa shape index (κ3) is 2.25. The maximum Gasteiger partial charge on any atom is 0.276 e. The molecule has 0 atom stereocenters. The average Bonchev–Trinajstić information content (AvgIpc) is 2.84. The lowest BCUT2D eigenvalue weighted by Crippen LogP contribution is -2.53. The van der Waals surface area contributed by atoms with Crippen molar-refractivity contribution in [1.82, 2.24) is 20.3 Å². The number of aryl methyl sites for hydroxylation is 1. The normalized spacial score (nSPS) is 18.9. The van der Waals surface area contributed by atoms with E-state index in [1.54, 1.807) is 6.92 Å². The quantitative estimate of drug-likeness (QED) is 0.875. The summed E-state index contributed by atoms with van der Waals surface area (Å²) >= 11 is 0. The molecule has 6 heteroatoms. The Labute approximate surface area is 107 Å². The summed E-state index contributed by atoms with van der Waals surface area (Å²) in [6.45, 7) is 7.81. The summed E-state index contributed by atoms with van der Waals surface area (Å²) in [6.07, 6.45) is 1.82. The Morgan fingerprint density at radius 2 is 2.17 bits per heavy atom. The standard InChI is InChI=1S/C12H20N4O2/c1-4-12(5-2)8-16(6-7-18-12)11(17)10-9(3)13-15-14-10/h4-8H2,1-3H3,(H,13,14,15). The van der Waals surface area contributed by atoms with E-state index < -0.39 is 0 Å². The van der Waals surface area contributed by atoms with Crippen LogP contribution in [-0.4, -0.2) is 51.5 Å². The van der Waals surface area contributed by atoms with Crippen molar-refractivity contribution < 1.29 is 9.53 Å². The zero-order valence-electron chi connectivity index (χ0n) is 11.2. The lowest BCUT2D eigenvalue weighted by molar-refractivity contribution is -0.103. The Kier molecular flexibility index (Phi) is 3.65. The predicted octanol–water partition coefficient (Wildman–Crippen LogP) is 1.14. The molecule has 0 saturated carbocycles. The summed E-state index contributed by atoms with van der Waals surface area (Å²) in [5, 5.41) is 10.3. The van der Waals surface area contributed by atoms with Crippen LogP contribution in [0, 0.1) is 6.92 Å². The molecular formula is C12H20N4O2. The number of morpholine rings is 1. The van der Waals surface area contributed by atoms with Crippen molar-refractivity contribution in [2.75, 3.05) is 19.7 Å². The summed E-state index contributed by atoms with van der Waals surface area (Å²) in [5.74, 6) is -0.0594. The van der Waals surface area contributed by atoms with E-state index in [4.69, 9.17) is 4.74 Å². The smallest absolute Gasteiger partial charge is 0.276 e. The van der Waals surface area contributed by atoms with Gasteiger partial charge < -0.3 is 9.64 Å². The van der Waals surface area contributed by atoms with E-state index in [2.05, 4.69) is 29.3 Å². The third-order valence-corrected chi connectivity index (χ3v) is 3.75. The SMILES string of the molecule is CCC1(CC)CN(C(=O)c2n[nH]nc2C)CCO1. The van der Waals surface area contributed by atoms with Gasteiger partial charge in [-0.3, -0.25) is 4.79 Å². The van der Waals surface area contributed by atoms with E-state index >= 15 is 0 Å². The maximum atomic E-state index is 12.3. The van der Waals surface area contributed by atoms with Crippen molar-refractivity contribution >= 4 is 5.91 Å². The van der Waals surface area contributed by atoms with Gasteiger partial charge in [0.25, 0.3) is 5.91 Å². The van der Waals surface area contributed by atoms with Gasteiger partial charge in [0.15, 0.2) is 5.69 Å². The molecule has 1 fully saturated rings. The van der Waals surface area contributed by atoms with Crippen LogP contribution in [0.5, 0.6) is 0 Å². The van der Waals surface area contributed by atoms with Gasteiger partial charge in [-0.15, -0.1) is 0 Å².